The molecule has 0 spiro atoms. The Morgan fingerprint density at radius 2 is 1.36 bits per heavy atom. The van der Waals surface area contributed by atoms with Crippen LogP contribution < -0.4 is 0 Å². The van der Waals surface area contributed by atoms with E-state index in [1.807, 2.05) is 25.2 Å². The summed E-state index contributed by atoms with van der Waals surface area (Å²) in [6.07, 6.45) is 0. The lowest BCUT2D eigenvalue weighted by atomic mass is 10.1. The maximum Gasteiger partial charge on any atom is 0.0472 e. The van der Waals surface area contributed by atoms with E-state index < -0.39 is 0 Å². The fourth-order valence-corrected chi connectivity index (χ4v) is 4.27. The second-order valence-corrected chi connectivity index (χ2v) is 6.21. The number of para-hydroxylation sites is 1. The molecule has 0 atom stereocenters. The Morgan fingerprint density at radius 1 is 0.636 bits per heavy atom. The van der Waals surface area contributed by atoms with Crippen molar-refractivity contribution in [2.75, 3.05) is 0 Å². The van der Waals surface area contributed by atoms with E-state index in [-0.39, 0.29) is 0 Å². The third kappa shape index (κ3) is 1.77. The van der Waals surface area contributed by atoms with Crippen LogP contribution in [0.15, 0.2) is 60.7 Å². The van der Waals surface area contributed by atoms with Crippen LogP contribution in [0.3, 0.4) is 0 Å². The Kier molecular flexibility index (Phi) is 3.12. The zero-order valence-electron chi connectivity index (χ0n) is 12.7. The van der Waals surface area contributed by atoms with Gasteiger partial charge in [0.2, 0.25) is 0 Å². The number of hydrogen-bond donors (Lipinski definition) is 1. The summed E-state index contributed by atoms with van der Waals surface area (Å²) < 4.78 is 2.73. The van der Waals surface area contributed by atoms with Gasteiger partial charge in [-0.15, -0.1) is 11.3 Å². The minimum absolute atomic E-state index is 1.21. The van der Waals surface area contributed by atoms with E-state index in [2.05, 4.69) is 65.6 Å². The highest BCUT2D eigenvalue weighted by Crippen LogP contribution is 2.40. The molecule has 3 aromatic carbocycles. The first-order valence-corrected chi connectivity index (χ1v) is 8.54. The molecule has 0 unspecified atom stereocenters. The summed E-state index contributed by atoms with van der Waals surface area (Å²) in [5.74, 6) is 0. The maximum atomic E-state index is 3.53. The van der Waals surface area contributed by atoms with Crippen molar-refractivity contribution >= 4 is 53.3 Å². The number of hydrogen-bond acceptors (Lipinski definition) is 1. The SMILES string of the molecule is CC.c1ccc2c(c1)[nH]c1ccc3sc4ccccc4c3c12. The van der Waals surface area contributed by atoms with Crippen molar-refractivity contribution in [2.45, 2.75) is 13.8 Å². The maximum absolute atomic E-state index is 3.53. The highest BCUT2D eigenvalue weighted by Gasteiger charge is 2.12. The number of thiophene rings is 1. The molecule has 22 heavy (non-hydrogen) atoms. The van der Waals surface area contributed by atoms with Crippen LogP contribution in [0.4, 0.5) is 0 Å². The van der Waals surface area contributed by atoms with Crippen LogP contribution in [0.2, 0.25) is 0 Å². The molecule has 0 aliphatic carbocycles. The molecule has 0 bridgehead atoms. The third-order valence-corrected chi connectivity index (χ3v) is 5.15. The standard InChI is InChI=1S/C18H11NS.C2H6/c1-3-7-13-11(5-1)17-14(19-13)9-10-16-18(17)12-6-2-4-8-15(12)20-16;1-2/h1-10,19H;1-2H3. The van der Waals surface area contributed by atoms with Crippen LogP contribution >= 0.6 is 11.3 Å². The number of nitrogens with one attached hydrogen (secondary N) is 1. The van der Waals surface area contributed by atoms with Gasteiger partial charge >= 0.3 is 0 Å². The van der Waals surface area contributed by atoms with Crippen molar-refractivity contribution in [1.82, 2.24) is 4.98 Å². The molecule has 108 valence electrons. The summed E-state index contributed by atoms with van der Waals surface area (Å²) in [7, 11) is 0. The Hall–Kier alpha value is -2.32. The molecule has 0 amide bonds. The van der Waals surface area contributed by atoms with Gasteiger partial charge in [0, 0.05) is 42.0 Å². The van der Waals surface area contributed by atoms with E-state index in [1.54, 1.807) is 0 Å². The van der Waals surface area contributed by atoms with Gasteiger partial charge in [-0.25, -0.2) is 0 Å². The van der Waals surface area contributed by atoms with Crippen molar-refractivity contribution in [2.24, 2.45) is 0 Å². The quantitative estimate of drug-likeness (QED) is 0.327. The summed E-state index contributed by atoms with van der Waals surface area (Å²) in [5.41, 5.74) is 2.44. The van der Waals surface area contributed by atoms with E-state index in [4.69, 9.17) is 0 Å². The molecule has 0 aliphatic rings. The number of aromatic nitrogens is 1. The summed E-state index contributed by atoms with van der Waals surface area (Å²) >= 11 is 1.87. The molecule has 2 heterocycles. The smallest absolute Gasteiger partial charge is 0.0472 e. The van der Waals surface area contributed by atoms with E-state index in [0.29, 0.717) is 0 Å². The van der Waals surface area contributed by atoms with Crippen molar-refractivity contribution in [1.29, 1.82) is 0 Å². The Balaban J connectivity index is 0.000000602. The number of aromatic amines is 1. The Bertz CT molecular complexity index is 1010. The molecule has 1 nitrogen and oxygen atoms in total. The van der Waals surface area contributed by atoms with E-state index in [0.717, 1.165) is 0 Å². The van der Waals surface area contributed by atoms with E-state index >= 15 is 0 Å². The minimum Gasteiger partial charge on any atom is -0.354 e. The second-order valence-electron chi connectivity index (χ2n) is 5.13. The van der Waals surface area contributed by atoms with Gasteiger partial charge in [-0.3, -0.25) is 0 Å². The average Bonchev–Trinajstić information content (AvgIpc) is 3.14. The van der Waals surface area contributed by atoms with Crippen molar-refractivity contribution in [3.05, 3.63) is 60.7 Å². The van der Waals surface area contributed by atoms with Gasteiger partial charge < -0.3 is 4.98 Å². The van der Waals surface area contributed by atoms with E-state index in [1.165, 1.54) is 42.0 Å². The highest BCUT2D eigenvalue weighted by atomic mass is 32.1. The van der Waals surface area contributed by atoms with Gasteiger partial charge in [-0.2, -0.15) is 0 Å². The van der Waals surface area contributed by atoms with Gasteiger partial charge in [-0.05, 0) is 24.3 Å². The Morgan fingerprint density at radius 3 is 2.23 bits per heavy atom. The molecule has 2 heteroatoms. The van der Waals surface area contributed by atoms with Crippen molar-refractivity contribution in [3.63, 3.8) is 0 Å². The zero-order valence-corrected chi connectivity index (χ0v) is 13.5. The number of rotatable bonds is 0. The number of H-pyrrole nitrogens is 1. The summed E-state index contributed by atoms with van der Waals surface area (Å²) in [5, 5.41) is 5.43. The third-order valence-electron chi connectivity index (χ3n) is 4.01. The van der Waals surface area contributed by atoms with Crippen LogP contribution in [0.5, 0.6) is 0 Å². The lowest BCUT2D eigenvalue weighted by Gasteiger charge is -1.96. The molecule has 5 aromatic rings. The predicted octanol–water partition coefficient (Wildman–Crippen LogP) is 6.72. The summed E-state index contributed by atoms with van der Waals surface area (Å²) in [6.45, 7) is 4.00. The molecule has 0 saturated carbocycles. The van der Waals surface area contributed by atoms with Gasteiger partial charge in [0.25, 0.3) is 0 Å². The van der Waals surface area contributed by atoms with Crippen molar-refractivity contribution < 1.29 is 0 Å². The minimum atomic E-state index is 1.21. The van der Waals surface area contributed by atoms with Gasteiger partial charge in [-0.1, -0.05) is 50.2 Å². The highest BCUT2D eigenvalue weighted by molar-refractivity contribution is 7.26. The Labute approximate surface area is 133 Å². The second kappa shape index (κ2) is 5.15. The lowest BCUT2D eigenvalue weighted by Crippen LogP contribution is -1.70. The lowest BCUT2D eigenvalue weighted by molar-refractivity contribution is 1.50. The molecule has 0 radical (unpaired) electrons. The molecule has 1 N–H and O–H groups in total. The van der Waals surface area contributed by atoms with Crippen LogP contribution in [0.25, 0.3) is 42.0 Å². The fraction of sp³-hybridized carbons (Fsp3) is 0.100. The fourth-order valence-electron chi connectivity index (χ4n) is 3.16. The van der Waals surface area contributed by atoms with Crippen molar-refractivity contribution in [3.8, 4) is 0 Å². The van der Waals surface area contributed by atoms with Crippen LogP contribution in [-0.4, -0.2) is 4.98 Å². The van der Waals surface area contributed by atoms with Gasteiger partial charge in [0.15, 0.2) is 0 Å². The molecule has 5 rings (SSSR count). The van der Waals surface area contributed by atoms with Crippen LogP contribution in [-0.2, 0) is 0 Å². The predicted molar refractivity (Wildman–Crippen MR) is 100 cm³/mol. The van der Waals surface area contributed by atoms with Gasteiger partial charge in [0.1, 0.15) is 0 Å². The molecular formula is C20H17NS. The van der Waals surface area contributed by atoms with Crippen LogP contribution in [0, 0.1) is 0 Å². The largest absolute Gasteiger partial charge is 0.354 e. The molecular weight excluding hydrogens is 286 g/mol. The molecule has 0 fully saturated rings. The topological polar surface area (TPSA) is 15.8 Å². The van der Waals surface area contributed by atoms with E-state index in [9.17, 15) is 0 Å². The normalized spacial score (nSPS) is 11.2. The zero-order chi connectivity index (χ0) is 15.1. The number of fused-ring (bicyclic) bond motifs is 7. The monoisotopic (exact) mass is 303 g/mol. The summed E-state index contributed by atoms with van der Waals surface area (Å²) in [4.78, 5) is 3.53. The molecule has 0 aliphatic heterocycles. The first-order valence-electron chi connectivity index (χ1n) is 7.72. The summed E-state index contributed by atoms with van der Waals surface area (Å²) in [6, 6.07) is 21.7. The molecule has 2 aromatic heterocycles. The first-order chi connectivity index (χ1) is 10.9. The number of benzene rings is 3. The first kappa shape index (κ1) is 13.4. The molecule has 0 saturated heterocycles. The van der Waals surface area contributed by atoms with Crippen LogP contribution in [0.1, 0.15) is 13.8 Å². The van der Waals surface area contributed by atoms with Gasteiger partial charge in [0.05, 0.1) is 0 Å². The average molecular weight is 303 g/mol.